The maximum absolute atomic E-state index is 12.6. The van der Waals surface area contributed by atoms with Gasteiger partial charge in [-0.3, -0.25) is 0 Å². The number of nitrogens with two attached hydrogens (primary N) is 1. The number of ether oxygens (including phenoxy) is 1. The molecule has 0 saturated carbocycles. The third-order valence-electron chi connectivity index (χ3n) is 3.61. The number of rotatable bonds is 5. The predicted molar refractivity (Wildman–Crippen MR) is 95.2 cm³/mol. The molecule has 0 aliphatic carbocycles. The molecule has 0 atom stereocenters. The van der Waals surface area contributed by atoms with Crippen LogP contribution in [-0.2, 0) is 0 Å². The summed E-state index contributed by atoms with van der Waals surface area (Å²) in [6.07, 6.45) is -3.58. The Labute approximate surface area is 156 Å². The number of alkyl halides is 3. The van der Waals surface area contributed by atoms with E-state index in [0.717, 1.165) is 0 Å². The van der Waals surface area contributed by atoms with Crippen molar-refractivity contribution in [1.82, 2.24) is 9.97 Å². The van der Waals surface area contributed by atoms with Crippen molar-refractivity contribution >= 4 is 23.4 Å². The van der Waals surface area contributed by atoms with E-state index >= 15 is 0 Å². The molecule has 0 radical (unpaired) electrons. The van der Waals surface area contributed by atoms with Crippen molar-refractivity contribution in [2.75, 3.05) is 11.1 Å². The van der Waals surface area contributed by atoms with E-state index in [1.807, 2.05) is 0 Å². The Balaban J connectivity index is 1.86. The molecule has 0 fully saturated rings. The fourth-order valence-corrected chi connectivity index (χ4v) is 2.39. The van der Waals surface area contributed by atoms with Gasteiger partial charge in [-0.1, -0.05) is 18.2 Å². The van der Waals surface area contributed by atoms with Gasteiger partial charge in [0.2, 0.25) is 5.95 Å². The number of hydrogen-bond donors (Lipinski definition) is 3. The number of nitrogens with zero attached hydrogens (tertiary/aromatic N) is 2. The SMILES string of the molecule is Nc1nc(Nc2ccc(C(=O)O)cc2)ncc1-c1ccccc1OC(F)(F)F. The quantitative estimate of drug-likeness (QED) is 0.602. The molecule has 3 aromatic rings. The number of para-hydroxylation sites is 1. The Bertz CT molecular complexity index is 1010. The largest absolute Gasteiger partial charge is 0.573 e. The second kappa shape index (κ2) is 7.43. The normalized spacial score (nSPS) is 11.1. The molecular weight excluding hydrogens is 377 g/mol. The predicted octanol–water partition coefficient (Wildman–Crippen LogP) is 4.07. The molecule has 7 nitrogen and oxygen atoms in total. The van der Waals surface area contributed by atoms with Crippen LogP contribution in [0.1, 0.15) is 10.4 Å². The van der Waals surface area contributed by atoms with Gasteiger partial charge in [0, 0.05) is 23.0 Å². The summed E-state index contributed by atoms with van der Waals surface area (Å²) in [5.74, 6) is -1.44. The summed E-state index contributed by atoms with van der Waals surface area (Å²) in [6.45, 7) is 0. The molecule has 2 aromatic carbocycles. The molecule has 0 unspecified atom stereocenters. The van der Waals surface area contributed by atoms with E-state index in [9.17, 15) is 18.0 Å². The second-order valence-electron chi connectivity index (χ2n) is 5.54. The van der Waals surface area contributed by atoms with Gasteiger partial charge in [-0.2, -0.15) is 4.98 Å². The number of hydrogen-bond acceptors (Lipinski definition) is 6. The average molecular weight is 390 g/mol. The van der Waals surface area contributed by atoms with Gasteiger partial charge in [-0.15, -0.1) is 13.2 Å². The lowest BCUT2D eigenvalue weighted by Gasteiger charge is -2.14. The maximum Gasteiger partial charge on any atom is 0.573 e. The van der Waals surface area contributed by atoms with Crippen LogP contribution in [0.2, 0.25) is 0 Å². The number of carbonyl (C=O) groups is 1. The molecule has 0 amide bonds. The van der Waals surface area contributed by atoms with E-state index in [1.165, 1.54) is 54.7 Å². The Morgan fingerprint density at radius 2 is 1.75 bits per heavy atom. The fourth-order valence-electron chi connectivity index (χ4n) is 2.39. The zero-order valence-electron chi connectivity index (χ0n) is 14.1. The minimum Gasteiger partial charge on any atom is -0.478 e. The van der Waals surface area contributed by atoms with Crippen LogP contribution in [-0.4, -0.2) is 27.4 Å². The van der Waals surface area contributed by atoms with Gasteiger partial charge in [-0.05, 0) is 30.3 Å². The van der Waals surface area contributed by atoms with Crippen LogP contribution >= 0.6 is 0 Å². The van der Waals surface area contributed by atoms with Crippen molar-refractivity contribution in [3.8, 4) is 16.9 Å². The third kappa shape index (κ3) is 4.47. The van der Waals surface area contributed by atoms with E-state index in [4.69, 9.17) is 10.8 Å². The highest BCUT2D eigenvalue weighted by Gasteiger charge is 2.32. The smallest absolute Gasteiger partial charge is 0.478 e. The summed E-state index contributed by atoms with van der Waals surface area (Å²) in [7, 11) is 0. The fraction of sp³-hybridized carbons (Fsp3) is 0.0556. The summed E-state index contributed by atoms with van der Waals surface area (Å²) in [6, 6.07) is 11.3. The lowest BCUT2D eigenvalue weighted by molar-refractivity contribution is -0.274. The van der Waals surface area contributed by atoms with Gasteiger partial charge in [0.25, 0.3) is 0 Å². The van der Waals surface area contributed by atoms with Gasteiger partial charge >= 0.3 is 12.3 Å². The third-order valence-corrected chi connectivity index (χ3v) is 3.61. The van der Waals surface area contributed by atoms with Gasteiger partial charge < -0.3 is 20.9 Å². The molecule has 10 heteroatoms. The van der Waals surface area contributed by atoms with E-state index in [-0.39, 0.29) is 28.5 Å². The number of anilines is 3. The average Bonchev–Trinajstić information content (AvgIpc) is 2.62. The first-order chi connectivity index (χ1) is 13.2. The first-order valence-electron chi connectivity index (χ1n) is 7.81. The molecule has 0 aliphatic heterocycles. The number of aromatic nitrogens is 2. The number of carboxylic acids is 1. The summed E-state index contributed by atoms with van der Waals surface area (Å²) >= 11 is 0. The number of benzene rings is 2. The Hall–Kier alpha value is -3.82. The maximum atomic E-state index is 12.6. The van der Waals surface area contributed by atoms with E-state index < -0.39 is 18.1 Å². The van der Waals surface area contributed by atoms with Crippen molar-refractivity contribution in [3.63, 3.8) is 0 Å². The van der Waals surface area contributed by atoms with Gasteiger partial charge in [0.05, 0.1) is 5.56 Å². The minimum atomic E-state index is -4.85. The van der Waals surface area contributed by atoms with E-state index in [1.54, 1.807) is 0 Å². The molecule has 28 heavy (non-hydrogen) atoms. The summed E-state index contributed by atoms with van der Waals surface area (Å²) < 4.78 is 41.8. The van der Waals surface area contributed by atoms with Gasteiger partial charge in [0.15, 0.2) is 0 Å². The molecule has 1 aromatic heterocycles. The van der Waals surface area contributed by atoms with E-state index in [0.29, 0.717) is 5.69 Å². The van der Waals surface area contributed by atoms with E-state index in [2.05, 4.69) is 20.0 Å². The van der Waals surface area contributed by atoms with Crippen molar-refractivity contribution in [1.29, 1.82) is 0 Å². The van der Waals surface area contributed by atoms with Crippen LogP contribution in [0.3, 0.4) is 0 Å². The number of halogens is 3. The summed E-state index contributed by atoms with van der Waals surface area (Å²) in [5.41, 5.74) is 6.79. The first-order valence-corrected chi connectivity index (χ1v) is 7.81. The van der Waals surface area contributed by atoms with Crippen LogP contribution in [0.15, 0.2) is 54.7 Å². The monoisotopic (exact) mass is 390 g/mol. The summed E-state index contributed by atoms with van der Waals surface area (Å²) in [5, 5.41) is 11.7. The highest BCUT2D eigenvalue weighted by atomic mass is 19.4. The second-order valence-corrected chi connectivity index (χ2v) is 5.54. The Kier molecular flexibility index (Phi) is 5.03. The van der Waals surface area contributed by atoms with Crippen molar-refractivity contribution in [2.24, 2.45) is 0 Å². The zero-order valence-corrected chi connectivity index (χ0v) is 14.1. The molecule has 1 heterocycles. The minimum absolute atomic E-state index is 0.0575. The molecule has 144 valence electrons. The Morgan fingerprint density at radius 3 is 2.36 bits per heavy atom. The Morgan fingerprint density at radius 1 is 1.07 bits per heavy atom. The highest BCUT2D eigenvalue weighted by molar-refractivity contribution is 5.88. The topological polar surface area (TPSA) is 110 Å². The molecule has 0 bridgehead atoms. The van der Waals surface area contributed by atoms with Crippen LogP contribution in [0, 0.1) is 0 Å². The van der Waals surface area contributed by atoms with Gasteiger partial charge in [0.1, 0.15) is 11.6 Å². The van der Waals surface area contributed by atoms with Crippen LogP contribution in [0.5, 0.6) is 5.75 Å². The number of nitrogen functional groups attached to an aromatic ring is 1. The van der Waals surface area contributed by atoms with Crippen LogP contribution in [0.25, 0.3) is 11.1 Å². The highest BCUT2D eigenvalue weighted by Crippen LogP contribution is 2.35. The summed E-state index contributed by atoms with van der Waals surface area (Å²) in [4.78, 5) is 19.0. The van der Waals surface area contributed by atoms with Crippen LogP contribution < -0.4 is 15.8 Å². The van der Waals surface area contributed by atoms with Crippen molar-refractivity contribution in [2.45, 2.75) is 6.36 Å². The molecular formula is C18H13F3N4O3. The van der Waals surface area contributed by atoms with Crippen molar-refractivity contribution < 1.29 is 27.8 Å². The molecule has 0 spiro atoms. The molecule has 0 aliphatic rings. The lowest BCUT2D eigenvalue weighted by atomic mass is 10.1. The number of aromatic carboxylic acids is 1. The van der Waals surface area contributed by atoms with Crippen LogP contribution in [0.4, 0.5) is 30.6 Å². The molecule has 4 N–H and O–H groups in total. The first kappa shape index (κ1) is 19.0. The number of carboxylic acid groups (broad SMARTS) is 1. The standard InChI is InChI=1S/C18H13F3N4O3/c19-18(20,21)28-14-4-2-1-3-12(14)13-9-23-17(25-15(13)22)24-11-7-5-10(6-8-11)16(26)27/h1-9H,(H,26,27)(H3,22,23,24,25). The molecule has 0 saturated heterocycles. The van der Waals surface area contributed by atoms with Gasteiger partial charge in [-0.25, -0.2) is 9.78 Å². The zero-order chi connectivity index (χ0) is 20.3. The lowest BCUT2D eigenvalue weighted by Crippen LogP contribution is -2.17. The van der Waals surface area contributed by atoms with Crippen molar-refractivity contribution in [3.05, 3.63) is 60.3 Å². The number of nitrogens with one attached hydrogen (secondary N) is 1. The molecule has 3 rings (SSSR count).